The summed E-state index contributed by atoms with van der Waals surface area (Å²) in [7, 11) is 0. The highest BCUT2D eigenvalue weighted by Gasteiger charge is 2.51. The highest BCUT2D eigenvalue weighted by Crippen LogP contribution is 2.63. The van der Waals surface area contributed by atoms with Gasteiger partial charge in [-0.1, -0.05) is 133 Å². The van der Waals surface area contributed by atoms with Gasteiger partial charge in [-0.3, -0.25) is 0 Å². The first-order valence-electron chi connectivity index (χ1n) is 29.0. The Morgan fingerprint density at radius 3 is 1.07 bits per heavy atom. The van der Waals surface area contributed by atoms with Crippen molar-refractivity contribution in [3.05, 3.63) is 301 Å². The number of nitrogens with zero attached hydrogens (tertiary/aromatic N) is 4. The van der Waals surface area contributed by atoms with Gasteiger partial charge in [0.05, 0.1) is 5.41 Å². The summed E-state index contributed by atoms with van der Waals surface area (Å²) < 4.78 is 17.7. The first-order chi connectivity index (χ1) is 41.5. The minimum atomic E-state index is -0.679. The van der Waals surface area contributed by atoms with Crippen LogP contribution in [0.3, 0.4) is 0 Å². The van der Waals surface area contributed by atoms with E-state index in [0.29, 0.717) is 0 Å². The molecule has 402 valence electrons. The molecule has 3 heterocycles. The molecule has 0 saturated heterocycles. The average molecular weight is 1100 g/mol. The van der Waals surface area contributed by atoms with E-state index in [1.54, 1.807) is 0 Å². The van der Waals surface area contributed by atoms with Gasteiger partial charge in [-0.15, -0.1) is 0 Å². The van der Waals surface area contributed by atoms with E-state index in [4.69, 9.17) is 9.47 Å². The maximum absolute atomic E-state index is 6.46. The monoisotopic (exact) mass is 1100 g/mol. The highest BCUT2D eigenvalue weighted by molar-refractivity contribution is 7.99. The van der Waals surface area contributed by atoms with Gasteiger partial charge in [0, 0.05) is 101 Å². The molecule has 2 aliphatic rings. The fourth-order valence-corrected chi connectivity index (χ4v) is 14.9. The molecule has 0 unspecified atom stereocenters. The summed E-state index contributed by atoms with van der Waals surface area (Å²) in [4.78, 5) is 7.40. The van der Waals surface area contributed by atoms with Gasteiger partial charge in [-0.2, -0.15) is 0 Å². The Hall–Kier alpha value is -10.2. The molecule has 1 aliphatic carbocycles. The maximum Gasteiger partial charge on any atom is 0.128 e. The molecular formula is C77H56N4O2S. The second-order valence-electron chi connectivity index (χ2n) is 21.7. The number of rotatable bonds is 12. The van der Waals surface area contributed by atoms with Gasteiger partial charge < -0.3 is 28.4 Å². The molecule has 0 fully saturated rings. The number of fused-ring (bicyclic) bond motifs is 15. The second-order valence-corrected chi connectivity index (χ2v) is 22.8. The normalized spacial score (nSPS) is 12.8. The van der Waals surface area contributed by atoms with Crippen molar-refractivity contribution < 1.29 is 9.47 Å². The summed E-state index contributed by atoms with van der Waals surface area (Å²) in [5.74, 6) is 3.25. The number of ether oxygens (including phenoxy) is 2. The summed E-state index contributed by atoms with van der Waals surface area (Å²) in [6, 6.07) is 101. The van der Waals surface area contributed by atoms with Crippen LogP contribution >= 0.6 is 11.8 Å². The zero-order valence-corrected chi connectivity index (χ0v) is 47.3. The van der Waals surface area contributed by atoms with Crippen LogP contribution < -0.4 is 19.3 Å². The Morgan fingerprint density at radius 2 is 0.655 bits per heavy atom. The van der Waals surface area contributed by atoms with E-state index in [-0.39, 0.29) is 0 Å². The van der Waals surface area contributed by atoms with Crippen LogP contribution in [0.2, 0.25) is 0 Å². The predicted octanol–water partition coefficient (Wildman–Crippen LogP) is 21.3. The zero-order chi connectivity index (χ0) is 55.9. The first kappa shape index (κ1) is 49.6. The van der Waals surface area contributed by atoms with Crippen molar-refractivity contribution in [1.29, 1.82) is 0 Å². The molecule has 2 aromatic heterocycles. The van der Waals surface area contributed by atoms with Gasteiger partial charge in [-0.25, -0.2) is 0 Å². The molecule has 14 aromatic rings. The molecule has 6 nitrogen and oxygen atoms in total. The molecule has 1 aliphatic heterocycles. The molecule has 7 heteroatoms. The number of aryl methyl sites for hydroxylation is 2. The van der Waals surface area contributed by atoms with Gasteiger partial charge in [0.1, 0.15) is 23.0 Å². The largest absolute Gasteiger partial charge is 0.457 e. The van der Waals surface area contributed by atoms with Crippen molar-refractivity contribution in [2.24, 2.45) is 0 Å². The van der Waals surface area contributed by atoms with Crippen molar-refractivity contribution in [3.63, 3.8) is 0 Å². The van der Waals surface area contributed by atoms with E-state index in [2.05, 4.69) is 251 Å². The highest BCUT2D eigenvalue weighted by atomic mass is 32.2. The van der Waals surface area contributed by atoms with Crippen molar-refractivity contribution >= 4 is 89.5 Å². The third kappa shape index (κ3) is 7.87. The van der Waals surface area contributed by atoms with E-state index in [1.807, 2.05) is 72.4 Å². The number of benzene rings is 12. The Morgan fingerprint density at radius 1 is 0.310 bits per heavy atom. The maximum atomic E-state index is 6.46. The molecule has 0 bridgehead atoms. The Balaban J connectivity index is 0.889. The third-order valence-electron chi connectivity index (χ3n) is 17.2. The minimum absolute atomic E-state index is 0.679. The average Bonchev–Trinajstić information content (AvgIpc) is 1.50. The van der Waals surface area contributed by atoms with Gasteiger partial charge in [0.15, 0.2) is 0 Å². The quantitative estimate of drug-likeness (QED) is 0.122. The van der Waals surface area contributed by atoms with E-state index in [9.17, 15) is 0 Å². The fourth-order valence-electron chi connectivity index (χ4n) is 13.7. The van der Waals surface area contributed by atoms with Crippen LogP contribution in [-0.4, -0.2) is 9.13 Å². The minimum Gasteiger partial charge on any atom is -0.457 e. The van der Waals surface area contributed by atoms with E-state index in [0.717, 1.165) is 81.0 Å². The number of hydrogen-bond donors (Lipinski definition) is 0. The molecule has 0 N–H and O–H groups in total. The predicted molar refractivity (Wildman–Crippen MR) is 348 cm³/mol. The molecule has 0 amide bonds. The molecule has 12 aromatic carbocycles. The van der Waals surface area contributed by atoms with E-state index < -0.39 is 5.41 Å². The first-order valence-corrected chi connectivity index (χ1v) is 29.8. The molecular weight excluding hydrogens is 1040 g/mol. The number of hydrogen-bond acceptors (Lipinski definition) is 5. The van der Waals surface area contributed by atoms with Crippen molar-refractivity contribution in [3.8, 4) is 34.1 Å². The van der Waals surface area contributed by atoms with Crippen LogP contribution in [-0.2, 0) is 18.5 Å². The smallest absolute Gasteiger partial charge is 0.128 e. The number of anilines is 6. The van der Waals surface area contributed by atoms with Gasteiger partial charge >= 0.3 is 0 Å². The van der Waals surface area contributed by atoms with Crippen LogP contribution in [0.5, 0.6) is 23.0 Å². The van der Waals surface area contributed by atoms with E-state index in [1.165, 1.54) is 76.0 Å². The molecule has 1 spiro atoms. The van der Waals surface area contributed by atoms with E-state index >= 15 is 0 Å². The Labute approximate surface area is 492 Å². The molecule has 0 saturated carbocycles. The van der Waals surface area contributed by atoms with Crippen LogP contribution in [0.25, 0.3) is 54.7 Å². The summed E-state index contributed by atoms with van der Waals surface area (Å²) in [5, 5.41) is 4.66. The summed E-state index contributed by atoms with van der Waals surface area (Å²) in [5.41, 5.74) is 18.0. The standard InChI is InChI=1S/C77H56N4O2S/c1-3-78-71-41-35-53(45-63(71)65-49-59(37-43-73(65)78)82-57-25-13-7-14-26-57)80(51-21-9-5-10-22-51)55-33-39-61-62-40-34-56(48-70(62)77(69(61)47-55)67-29-17-19-31-75(67)84-76-32-20-18-30-68(76)77)81(52-23-11-6-12-24-52)54-36-42-72-64(46-54)66-50-60(38-44-74(66)79(72)4-2)83-58-27-15-8-16-28-58/h5-50H,3-4H2,1-2H3. The lowest BCUT2D eigenvalue weighted by atomic mass is 9.67. The summed E-state index contributed by atoms with van der Waals surface area (Å²) in [6.45, 7) is 6.13. The third-order valence-corrected chi connectivity index (χ3v) is 18.4. The topological polar surface area (TPSA) is 34.8 Å². The van der Waals surface area contributed by atoms with Gasteiger partial charge in [0.2, 0.25) is 0 Å². The van der Waals surface area contributed by atoms with Crippen LogP contribution in [0.15, 0.2) is 289 Å². The molecule has 0 radical (unpaired) electrons. The second kappa shape index (κ2) is 20.0. The number of aromatic nitrogens is 2. The van der Waals surface area contributed by atoms with Crippen LogP contribution in [0, 0.1) is 0 Å². The molecule has 0 atom stereocenters. The Kier molecular flexibility index (Phi) is 11.8. The van der Waals surface area contributed by atoms with Crippen molar-refractivity contribution in [2.45, 2.75) is 42.1 Å². The lowest BCUT2D eigenvalue weighted by molar-refractivity contribution is 0.483. The SMILES string of the molecule is CCn1c2ccc(Oc3ccccc3)cc2c2cc(N(c3ccccc3)c3ccc4c(c3)C3(c5ccccc5Sc5ccccc53)c3cc(N(c5ccccc5)c5ccc6c(c5)c5cc(Oc7ccccc7)ccc5n6CC)ccc3-4)ccc21. The molecule has 84 heavy (non-hydrogen) atoms. The lowest BCUT2D eigenvalue weighted by Gasteiger charge is -2.40. The van der Waals surface area contributed by atoms with Crippen molar-refractivity contribution in [2.75, 3.05) is 9.80 Å². The fraction of sp³-hybridized carbons (Fsp3) is 0.0649. The summed E-state index contributed by atoms with van der Waals surface area (Å²) in [6.07, 6.45) is 0. The lowest BCUT2D eigenvalue weighted by Crippen LogP contribution is -2.32. The Bertz CT molecular complexity index is 4550. The number of para-hydroxylation sites is 4. The van der Waals surface area contributed by atoms with Crippen LogP contribution in [0.4, 0.5) is 34.1 Å². The van der Waals surface area contributed by atoms with Gasteiger partial charge in [0.25, 0.3) is 0 Å². The van der Waals surface area contributed by atoms with Crippen LogP contribution in [0.1, 0.15) is 36.1 Å². The van der Waals surface area contributed by atoms with Crippen molar-refractivity contribution in [1.82, 2.24) is 9.13 Å². The zero-order valence-electron chi connectivity index (χ0n) is 46.5. The van der Waals surface area contributed by atoms with Gasteiger partial charge in [-0.05, 0) is 205 Å². The summed E-state index contributed by atoms with van der Waals surface area (Å²) >= 11 is 1.87. The molecule has 16 rings (SSSR count).